The largest absolute Gasteiger partial charge is 0.493 e. The molecule has 0 aliphatic rings. The molecule has 6 nitrogen and oxygen atoms in total. The van der Waals surface area contributed by atoms with Gasteiger partial charge in [-0.05, 0) is 41.8 Å². The number of aryl methyl sites for hydroxylation is 1. The van der Waals surface area contributed by atoms with Crippen LogP contribution in [0.25, 0.3) is 0 Å². The molecule has 0 aliphatic carbocycles. The van der Waals surface area contributed by atoms with Crippen molar-refractivity contribution < 1.29 is 14.3 Å². The fourth-order valence-electron chi connectivity index (χ4n) is 2.75. The number of benzene rings is 2. The van der Waals surface area contributed by atoms with Gasteiger partial charge in [0, 0.05) is 26.2 Å². The van der Waals surface area contributed by atoms with Gasteiger partial charge in [-0.2, -0.15) is 5.26 Å². The van der Waals surface area contributed by atoms with Crippen molar-refractivity contribution in [1.82, 2.24) is 5.32 Å². The molecule has 0 saturated carbocycles. The first-order valence-corrected chi connectivity index (χ1v) is 9.18. The lowest BCUT2D eigenvalue weighted by atomic mass is 10.1. The van der Waals surface area contributed by atoms with Crippen molar-refractivity contribution >= 4 is 11.6 Å². The highest BCUT2D eigenvalue weighted by Gasteiger charge is 2.14. The Labute approximate surface area is 172 Å². The number of amides is 1. The summed E-state index contributed by atoms with van der Waals surface area (Å²) in [4.78, 5) is 14.3. The Morgan fingerprint density at radius 1 is 1.21 bits per heavy atom. The number of hydrogen-bond donors (Lipinski definition) is 1. The van der Waals surface area contributed by atoms with Crippen molar-refractivity contribution in [1.29, 1.82) is 5.26 Å². The maximum atomic E-state index is 12.3. The number of nitriles is 1. The minimum Gasteiger partial charge on any atom is -0.493 e. The minimum atomic E-state index is -0.687. The monoisotopic (exact) mass is 391 g/mol. The molecule has 0 radical (unpaired) electrons. The summed E-state index contributed by atoms with van der Waals surface area (Å²) in [6.45, 7) is 0.156. The maximum Gasteiger partial charge on any atom is 0.221 e. The Kier molecular flexibility index (Phi) is 7.94. The molecule has 0 fully saturated rings. The molecule has 1 unspecified atom stereocenters. The van der Waals surface area contributed by atoms with Crippen molar-refractivity contribution in [2.75, 3.05) is 32.7 Å². The minimum absolute atomic E-state index is 0.156. The first kappa shape index (κ1) is 21.7. The summed E-state index contributed by atoms with van der Waals surface area (Å²) in [5.41, 5.74) is 2.71. The van der Waals surface area contributed by atoms with Crippen LogP contribution >= 0.6 is 0 Å². The molecular formula is C23H25N3O3. The van der Waals surface area contributed by atoms with Crippen molar-refractivity contribution in [2.24, 2.45) is 0 Å². The lowest BCUT2D eigenvalue weighted by Crippen LogP contribution is -2.27. The number of methoxy groups -OCH3 is 1. The summed E-state index contributed by atoms with van der Waals surface area (Å²) >= 11 is 0. The van der Waals surface area contributed by atoms with E-state index in [-0.39, 0.29) is 18.9 Å². The molecule has 0 bridgehead atoms. The molecule has 6 heteroatoms. The SMILES string of the molecule is C#CCOc1ccc(CCC(=O)NC(C#N)c2ccc(N(C)C)cc2)cc1OC. The van der Waals surface area contributed by atoms with Crippen molar-refractivity contribution in [3.63, 3.8) is 0 Å². The second-order valence-corrected chi connectivity index (χ2v) is 6.59. The van der Waals surface area contributed by atoms with E-state index in [1.165, 1.54) is 0 Å². The zero-order valence-corrected chi connectivity index (χ0v) is 16.9. The molecule has 0 aliphatic heterocycles. The van der Waals surface area contributed by atoms with Crippen LogP contribution in [0.5, 0.6) is 11.5 Å². The highest BCUT2D eigenvalue weighted by Crippen LogP contribution is 2.28. The zero-order valence-electron chi connectivity index (χ0n) is 16.9. The van der Waals surface area contributed by atoms with Crippen molar-refractivity contribution in [2.45, 2.75) is 18.9 Å². The maximum absolute atomic E-state index is 12.3. The van der Waals surface area contributed by atoms with Crippen LogP contribution in [0, 0.1) is 23.7 Å². The van der Waals surface area contributed by atoms with Crippen LogP contribution in [0.3, 0.4) is 0 Å². The molecule has 0 saturated heterocycles. The predicted molar refractivity (Wildman–Crippen MR) is 113 cm³/mol. The molecule has 1 atom stereocenters. The summed E-state index contributed by atoms with van der Waals surface area (Å²) in [6, 6.07) is 14.5. The van der Waals surface area contributed by atoms with Crippen LogP contribution in [0.4, 0.5) is 5.69 Å². The fourth-order valence-corrected chi connectivity index (χ4v) is 2.75. The Bertz CT molecular complexity index is 908. The molecule has 2 aromatic rings. The van der Waals surface area contributed by atoms with Gasteiger partial charge in [0.1, 0.15) is 12.6 Å². The van der Waals surface area contributed by atoms with E-state index in [1.807, 2.05) is 55.4 Å². The van der Waals surface area contributed by atoms with Crippen LogP contribution in [0.1, 0.15) is 23.6 Å². The number of rotatable bonds is 9. The van der Waals surface area contributed by atoms with Gasteiger partial charge in [-0.1, -0.05) is 24.1 Å². The molecule has 150 valence electrons. The molecule has 1 N–H and O–H groups in total. The van der Waals surface area contributed by atoms with Crippen LogP contribution in [0.15, 0.2) is 42.5 Å². The number of ether oxygens (including phenoxy) is 2. The van der Waals surface area contributed by atoms with Gasteiger partial charge < -0.3 is 19.7 Å². The number of hydrogen-bond acceptors (Lipinski definition) is 5. The van der Waals surface area contributed by atoms with Crippen LogP contribution < -0.4 is 19.7 Å². The Hall–Kier alpha value is -3.64. The lowest BCUT2D eigenvalue weighted by Gasteiger charge is -2.16. The normalized spacial score (nSPS) is 10.9. The van der Waals surface area contributed by atoms with Crippen LogP contribution in [0.2, 0.25) is 0 Å². The van der Waals surface area contributed by atoms with Gasteiger partial charge in [-0.25, -0.2) is 0 Å². The smallest absolute Gasteiger partial charge is 0.221 e. The molecule has 0 aromatic heterocycles. The molecular weight excluding hydrogens is 366 g/mol. The number of nitrogens with one attached hydrogen (secondary N) is 1. The van der Waals surface area contributed by atoms with Gasteiger partial charge in [0.25, 0.3) is 0 Å². The fraction of sp³-hybridized carbons (Fsp3) is 0.304. The van der Waals surface area contributed by atoms with Crippen LogP contribution in [-0.2, 0) is 11.2 Å². The third kappa shape index (κ3) is 6.19. The second kappa shape index (κ2) is 10.6. The third-order valence-electron chi connectivity index (χ3n) is 4.36. The van der Waals surface area contributed by atoms with E-state index in [0.717, 1.165) is 16.8 Å². The highest BCUT2D eigenvalue weighted by atomic mass is 16.5. The highest BCUT2D eigenvalue weighted by molar-refractivity contribution is 5.77. The van der Waals surface area contributed by atoms with Crippen molar-refractivity contribution in [3.8, 4) is 29.9 Å². The van der Waals surface area contributed by atoms with Gasteiger partial charge in [0.2, 0.25) is 5.91 Å². The van der Waals surface area contributed by atoms with Gasteiger partial charge >= 0.3 is 0 Å². The molecule has 0 spiro atoms. The van der Waals surface area contributed by atoms with E-state index in [4.69, 9.17) is 15.9 Å². The van der Waals surface area contributed by atoms with E-state index < -0.39 is 6.04 Å². The van der Waals surface area contributed by atoms with E-state index in [2.05, 4.69) is 17.3 Å². The van der Waals surface area contributed by atoms with E-state index >= 15 is 0 Å². The summed E-state index contributed by atoms with van der Waals surface area (Å²) < 4.78 is 10.7. The topological polar surface area (TPSA) is 74.6 Å². The molecule has 29 heavy (non-hydrogen) atoms. The summed E-state index contributed by atoms with van der Waals surface area (Å²) in [6.07, 6.45) is 5.97. The van der Waals surface area contributed by atoms with Crippen molar-refractivity contribution in [3.05, 3.63) is 53.6 Å². The first-order chi connectivity index (χ1) is 14.0. The summed E-state index contributed by atoms with van der Waals surface area (Å²) in [5, 5.41) is 12.2. The van der Waals surface area contributed by atoms with E-state index in [9.17, 15) is 10.1 Å². The number of carbonyl (C=O) groups excluding carboxylic acids is 1. The number of nitrogens with zero attached hydrogens (tertiary/aromatic N) is 2. The third-order valence-corrected chi connectivity index (χ3v) is 4.36. The lowest BCUT2D eigenvalue weighted by molar-refractivity contribution is -0.121. The quantitative estimate of drug-likeness (QED) is 0.665. The Morgan fingerprint density at radius 2 is 1.93 bits per heavy atom. The number of anilines is 1. The first-order valence-electron chi connectivity index (χ1n) is 9.18. The van der Waals surface area contributed by atoms with Gasteiger partial charge in [-0.3, -0.25) is 4.79 Å². The number of terminal acetylenes is 1. The zero-order chi connectivity index (χ0) is 21.2. The molecule has 2 aromatic carbocycles. The Balaban J connectivity index is 1.96. The second-order valence-electron chi connectivity index (χ2n) is 6.59. The summed E-state index contributed by atoms with van der Waals surface area (Å²) in [5.74, 6) is 3.34. The van der Waals surface area contributed by atoms with E-state index in [1.54, 1.807) is 13.2 Å². The average Bonchev–Trinajstić information content (AvgIpc) is 2.74. The van der Waals surface area contributed by atoms with Gasteiger partial charge in [-0.15, -0.1) is 6.42 Å². The predicted octanol–water partition coefficient (Wildman–Crippen LogP) is 3.09. The van der Waals surface area contributed by atoms with E-state index in [0.29, 0.717) is 17.9 Å². The van der Waals surface area contributed by atoms with Gasteiger partial charge in [0.15, 0.2) is 11.5 Å². The Morgan fingerprint density at radius 3 is 2.52 bits per heavy atom. The van der Waals surface area contributed by atoms with Gasteiger partial charge in [0.05, 0.1) is 13.2 Å². The summed E-state index contributed by atoms with van der Waals surface area (Å²) in [7, 11) is 5.44. The molecule has 0 heterocycles. The van der Waals surface area contributed by atoms with Crippen LogP contribution in [-0.4, -0.2) is 33.7 Å². The molecule has 2 rings (SSSR count). The average molecular weight is 391 g/mol. The molecule has 1 amide bonds. The standard InChI is InChI=1S/C23H25N3O3/c1-5-14-29-21-12-6-17(15-22(21)28-4)7-13-23(27)25-20(16-24)18-8-10-19(11-9-18)26(2)3/h1,6,8-12,15,20H,7,13-14H2,2-4H3,(H,25,27). The number of carbonyl (C=O) groups is 1.